The molecule has 0 unspecified atom stereocenters. The maximum Gasteiger partial charge on any atom is 0.285 e. The molecule has 0 bridgehead atoms. The third-order valence-electron chi connectivity index (χ3n) is 3.33. The molecule has 0 aliphatic rings. The van der Waals surface area contributed by atoms with Gasteiger partial charge in [-0.2, -0.15) is 5.10 Å². The molecule has 23 heavy (non-hydrogen) atoms. The first-order valence-electron chi connectivity index (χ1n) is 7.09. The van der Waals surface area contributed by atoms with E-state index >= 15 is 0 Å². The number of ether oxygens (including phenoxy) is 1. The number of nitrogens with two attached hydrogens (primary N) is 1. The summed E-state index contributed by atoms with van der Waals surface area (Å²) in [6.45, 7) is 0.211. The largest absolute Gasteiger partial charge is 0.471 e. The van der Waals surface area contributed by atoms with Crippen molar-refractivity contribution < 1.29 is 9.53 Å². The third kappa shape index (κ3) is 3.56. The monoisotopic (exact) mass is 308 g/mol. The molecule has 1 amide bonds. The number of aromatic nitrogens is 2. The second-order valence-electron chi connectivity index (χ2n) is 4.88. The van der Waals surface area contributed by atoms with Gasteiger partial charge in [-0.25, -0.2) is 10.5 Å². The average Bonchev–Trinajstić information content (AvgIpc) is 3.09. The molecule has 6 heteroatoms. The van der Waals surface area contributed by atoms with Crippen molar-refractivity contribution in [2.45, 2.75) is 6.73 Å². The summed E-state index contributed by atoms with van der Waals surface area (Å²) in [5, 5.41) is 4.06. The standard InChI is InChI=1S/C17H16N4O2/c18-19-17(22)16-10-11-21(20-16)12-23-15-8-6-14(7-9-15)13-4-2-1-3-5-13/h1-11H,12,18H2,(H,19,22). The predicted molar refractivity (Wildman–Crippen MR) is 86.4 cm³/mol. The van der Waals surface area contributed by atoms with E-state index in [1.165, 1.54) is 4.68 Å². The molecular formula is C17H16N4O2. The Balaban J connectivity index is 1.63. The van der Waals surface area contributed by atoms with Crippen molar-refractivity contribution in [1.29, 1.82) is 0 Å². The van der Waals surface area contributed by atoms with Crippen LogP contribution >= 0.6 is 0 Å². The van der Waals surface area contributed by atoms with Crippen LogP contribution in [0.1, 0.15) is 10.5 Å². The van der Waals surface area contributed by atoms with Crippen LogP contribution in [0, 0.1) is 0 Å². The molecule has 2 aromatic carbocycles. The summed E-state index contributed by atoms with van der Waals surface area (Å²) in [5.74, 6) is 5.35. The van der Waals surface area contributed by atoms with Gasteiger partial charge in [-0.1, -0.05) is 42.5 Å². The molecule has 0 spiro atoms. The fraction of sp³-hybridized carbons (Fsp3) is 0.0588. The first-order valence-corrected chi connectivity index (χ1v) is 7.09. The Morgan fingerprint density at radius 3 is 2.43 bits per heavy atom. The van der Waals surface area contributed by atoms with Gasteiger partial charge in [0.25, 0.3) is 5.91 Å². The smallest absolute Gasteiger partial charge is 0.285 e. The fourth-order valence-electron chi connectivity index (χ4n) is 2.14. The Kier molecular flexibility index (Phi) is 4.35. The third-order valence-corrected chi connectivity index (χ3v) is 3.33. The normalized spacial score (nSPS) is 10.3. The van der Waals surface area contributed by atoms with Crippen molar-refractivity contribution in [3.05, 3.63) is 72.6 Å². The van der Waals surface area contributed by atoms with E-state index in [9.17, 15) is 4.79 Å². The Bertz CT molecular complexity index is 782. The van der Waals surface area contributed by atoms with Gasteiger partial charge in [0.05, 0.1) is 0 Å². The first kappa shape index (κ1) is 14.8. The Morgan fingerprint density at radius 1 is 1.04 bits per heavy atom. The van der Waals surface area contributed by atoms with E-state index in [1.807, 2.05) is 47.9 Å². The average molecular weight is 308 g/mol. The van der Waals surface area contributed by atoms with Crippen molar-refractivity contribution in [2.75, 3.05) is 0 Å². The van der Waals surface area contributed by atoms with Crippen LogP contribution in [-0.4, -0.2) is 15.7 Å². The highest BCUT2D eigenvalue weighted by Crippen LogP contribution is 2.22. The molecule has 116 valence electrons. The summed E-state index contributed by atoms with van der Waals surface area (Å²) >= 11 is 0. The maximum atomic E-state index is 11.3. The number of hydrazine groups is 1. The highest BCUT2D eigenvalue weighted by atomic mass is 16.5. The van der Waals surface area contributed by atoms with Crippen molar-refractivity contribution in [3.8, 4) is 16.9 Å². The predicted octanol–water partition coefficient (Wildman–Crippen LogP) is 2.19. The lowest BCUT2D eigenvalue weighted by Gasteiger charge is -2.07. The summed E-state index contributed by atoms with van der Waals surface area (Å²) in [6.07, 6.45) is 1.66. The molecule has 0 saturated carbocycles. The maximum absolute atomic E-state index is 11.3. The molecule has 3 N–H and O–H groups in total. The van der Waals surface area contributed by atoms with E-state index in [0.717, 1.165) is 16.9 Å². The molecule has 0 fully saturated rings. The minimum absolute atomic E-state index is 0.211. The van der Waals surface area contributed by atoms with Gasteiger partial charge >= 0.3 is 0 Å². The molecule has 0 aliphatic carbocycles. The van der Waals surface area contributed by atoms with Crippen LogP contribution in [0.25, 0.3) is 11.1 Å². The number of nitrogen functional groups attached to an aromatic ring is 1. The zero-order valence-corrected chi connectivity index (χ0v) is 12.3. The van der Waals surface area contributed by atoms with Crippen LogP contribution in [0.2, 0.25) is 0 Å². The SMILES string of the molecule is NNC(=O)c1ccn(COc2ccc(-c3ccccc3)cc2)n1. The van der Waals surface area contributed by atoms with Gasteiger partial charge in [-0.15, -0.1) is 0 Å². The lowest BCUT2D eigenvalue weighted by Crippen LogP contribution is -2.30. The van der Waals surface area contributed by atoms with Crippen molar-refractivity contribution >= 4 is 5.91 Å². The second kappa shape index (κ2) is 6.76. The zero-order chi connectivity index (χ0) is 16.1. The minimum atomic E-state index is -0.434. The number of nitrogens with zero attached hydrogens (tertiary/aromatic N) is 2. The van der Waals surface area contributed by atoms with E-state index in [-0.39, 0.29) is 12.4 Å². The number of nitrogens with one attached hydrogen (secondary N) is 1. The number of amides is 1. The van der Waals surface area contributed by atoms with E-state index < -0.39 is 5.91 Å². The summed E-state index contributed by atoms with van der Waals surface area (Å²) in [4.78, 5) is 11.3. The molecule has 3 aromatic rings. The van der Waals surface area contributed by atoms with Gasteiger partial charge in [0.1, 0.15) is 5.75 Å². The summed E-state index contributed by atoms with van der Waals surface area (Å²) in [7, 11) is 0. The van der Waals surface area contributed by atoms with Gasteiger partial charge in [0.2, 0.25) is 0 Å². The highest BCUT2D eigenvalue weighted by molar-refractivity contribution is 5.91. The number of rotatable bonds is 5. The highest BCUT2D eigenvalue weighted by Gasteiger charge is 2.07. The Hall–Kier alpha value is -3.12. The van der Waals surface area contributed by atoms with E-state index in [1.54, 1.807) is 12.3 Å². The number of carbonyl (C=O) groups excluding carboxylic acids is 1. The molecule has 3 rings (SSSR count). The molecule has 1 aromatic heterocycles. The summed E-state index contributed by atoms with van der Waals surface area (Å²) in [5.41, 5.74) is 4.56. The lowest BCUT2D eigenvalue weighted by molar-refractivity contribution is 0.0946. The van der Waals surface area contributed by atoms with E-state index in [0.29, 0.717) is 0 Å². The number of hydrogen-bond donors (Lipinski definition) is 2. The van der Waals surface area contributed by atoms with Crippen LogP contribution in [0.4, 0.5) is 0 Å². The molecule has 0 atom stereocenters. The van der Waals surface area contributed by atoms with Crippen molar-refractivity contribution in [2.24, 2.45) is 5.84 Å². The number of benzene rings is 2. The second-order valence-corrected chi connectivity index (χ2v) is 4.88. The van der Waals surface area contributed by atoms with Gasteiger partial charge in [0, 0.05) is 6.20 Å². The summed E-state index contributed by atoms with van der Waals surface area (Å²) < 4.78 is 7.17. The van der Waals surface area contributed by atoms with Crippen molar-refractivity contribution in [3.63, 3.8) is 0 Å². The fourth-order valence-corrected chi connectivity index (χ4v) is 2.14. The van der Waals surface area contributed by atoms with Crippen LogP contribution in [0.15, 0.2) is 66.9 Å². The number of carbonyl (C=O) groups is 1. The van der Waals surface area contributed by atoms with E-state index in [2.05, 4.69) is 17.2 Å². The molecule has 6 nitrogen and oxygen atoms in total. The van der Waals surface area contributed by atoms with E-state index in [4.69, 9.17) is 10.6 Å². The van der Waals surface area contributed by atoms with Gasteiger partial charge in [0.15, 0.2) is 12.4 Å². The van der Waals surface area contributed by atoms with Crippen LogP contribution in [0.5, 0.6) is 5.75 Å². The van der Waals surface area contributed by atoms with Crippen LogP contribution in [-0.2, 0) is 6.73 Å². The molecule has 0 aliphatic heterocycles. The molecular weight excluding hydrogens is 292 g/mol. The van der Waals surface area contributed by atoms with Gasteiger partial charge in [-0.3, -0.25) is 10.2 Å². The molecule has 0 radical (unpaired) electrons. The van der Waals surface area contributed by atoms with Gasteiger partial charge in [-0.05, 0) is 29.3 Å². The summed E-state index contributed by atoms with van der Waals surface area (Å²) in [6, 6.07) is 19.5. The first-order chi connectivity index (χ1) is 11.3. The Morgan fingerprint density at radius 2 is 1.74 bits per heavy atom. The lowest BCUT2D eigenvalue weighted by atomic mass is 10.1. The molecule has 1 heterocycles. The number of hydrogen-bond acceptors (Lipinski definition) is 4. The van der Waals surface area contributed by atoms with Crippen molar-refractivity contribution in [1.82, 2.24) is 15.2 Å². The van der Waals surface area contributed by atoms with Crippen LogP contribution in [0.3, 0.4) is 0 Å². The Labute approximate surface area is 133 Å². The minimum Gasteiger partial charge on any atom is -0.471 e. The molecule has 0 saturated heterocycles. The van der Waals surface area contributed by atoms with Gasteiger partial charge < -0.3 is 4.74 Å². The van der Waals surface area contributed by atoms with Crippen LogP contribution < -0.4 is 16.0 Å². The zero-order valence-electron chi connectivity index (χ0n) is 12.3. The topological polar surface area (TPSA) is 82.2 Å². The quantitative estimate of drug-likeness (QED) is 0.430.